The molecule has 0 aliphatic carbocycles. The molecule has 2 aliphatic rings. The fourth-order valence-electron chi connectivity index (χ4n) is 3.93. The van der Waals surface area contributed by atoms with E-state index in [4.69, 9.17) is 4.42 Å². The fourth-order valence-corrected chi connectivity index (χ4v) is 3.93. The number of likely N-dealkylation sites (N-methyl/N-ethyl adjacent to an activating group) is 1. The summed E-state index contributed by atoms with van der Waals surface area (Å²) < 4.78 is 5.68. The third-order valence-corrected chi connectivity index (χ3v) is 5.02. The average Bonchev–Trinajstić information content (AvgIpc) is 3.18. The molecule has 2 aromatic rings. The Hall–Kier alpha value is -2.07. The quantitative estimate of drug-likeness (QED) is 0.855. The van der Waals surface area contributed by atoms with Gasteiger partial charge in [-0.15, -0.1) is 0 Å². The second-order valence-corrected chi connectivity index (χ2v) is 6.44. The number of hydrogen-bond donors (Lipinski definition) is 0. The number of rotatable bonds is 2. The largest absolute Gasteiger partial charge is 0.465 e. The van der Waals surface area contributed by atoms with Crippen molar-refractivity contribution in [1.29, 1.82) is 0 Å². The SMILES string of the molecule is Cc1ccc(CN2CC[C@@]3(C2)C(=O)N(C)c2ccccc23)o1. The normalized spacial score (nSPS) is 24.5. The van der Waals surface area contributed by atoms with Gasteiger partial charge in [0.05, 0.1) is 12.0 Å². The number of hydrogen-bond acceptors (Lipinski definition) is 3. The van der Waals surface area contributed by atoms with Crippen LogP contribution in [0.5, 0.6) is 0 Å². The van der Waals surface area contributed by atoms with Crippen LogP contribution in [0.25, 0.3) is 0 Å². The van der Waals surface area contributed by atoms with Gasteiger partial charge in [-0.05, 0) is 37.1 Å². The standard InChI is InChI=1S/C18H20N2O2/c1-13-7-8-14(22-13)11-20-10-9-18(12-20)15-5-3-4-6-16(15)19(2)17(18)21/h3-8H,9-12H2,1-2H3/t18-/m0/s1. The molecule has 1 saturated heterocycles. The monoisotopic (exact) mass is 296 g/mol. The molecule has 0 saturated carbocycles. The Kier molecular flexibility index (Phi) is 2.91. The smallest absolute Gasteiger partial charge is 0.238 e. The lowest BCUT2D eigenvalue weighted by Gasteiger charge is -2.23. The molecule has 4 nitrogen and oxygen atoms in total. The molecule has 4 heteroatoms. The van der Waals surface area contributed by atoms with E-state index in [1.807, 2.05) is 49.2 Å². The Bertz CT molecular complexity index is 736. The van der Waals surface area contributed by atoms with E-state index in [-0.39, 0.29) is 11.3 Å². The number of furan rings is 1. The van der Waals surface area contributed by atoms with Crippen molar-refractivity contribution >= 4 is 11.6 Å². The highest BCUT2D eigenvalue weighted by molar-refractivity contribution is 6.08. The topological polar surface area (TPSA) is 36.7 Å². The Labute approximate surface area is 130 Å². The number of aryl methyl sites for hydroxylation is 1. The second kappa shape index (κ2) is 4.71. The number of anilines is 1. The molecule has 1 spiro atoms. The first-order chi connectivity index (χ1) is 10.6. The molecule has 1 atom stereocenters. The second-order valence-electron chi connectivity index (χ2n) is 6.44. The number of likely N-dealkylation sites (tertiary alicyclic amines) is 1. The summed E-state index contributed by atoms with van der Waals surface area (Å²) in [7, 11) is 1.88. The Morgan fingerprint density at radius 2 is 2.05 bits per heavy atom. The van der Waals surface area contributed by atoms with Crippen molar-refractivity contribution < 1.29 is 9.21 Å². The number of benzene rings is 1. The maximum absolute atomic E-state index is 12.9. The van der Waals surface area contributed by atoms with Gasteiger partial charge < -0.3 is 9.32 Å². The molecule has 1 amide bonds. The van der Waals surface area contributed by atoms with Crippen molar-refractivity contribution in [2.75, 3.05) is 25.0 Å². The number of para-hydroxylation sites is 1. The molecule has 0 N–H and O–H groups in total. The van der Waals surface area contributed by atoms with Gasteiger partial charge in [-0.1, -0.05) is 18.2 Å². The van der Waals surface area contributed by atoms with Gasteiger partial charge in [0.2, 0.25) is 5.91 Å². The third-order valence-electron chi connectivity index (χ3n) is 5.02. The zero-order chi connectivity index (χ0) is 15.3. The molecule has 0 unspecified atom stereocenters. The highest BCUT2D eigenvalue weighted by Crippen LogP contribution is 2.46. The first-order valence-corrected chi connectivity index (χ1v) is 7.75. The van der Waals surface area contributed by atoms with Crippen molar-refractivity contribution in [2.24, 2.45) is 0 Å². The third kappa shape index (κ3) is 1.83. The van der Waals surface area contributed by atoms with Gasteiger partial charge in [-0.3, -0.25) is 9.69 Å². The van der Waals surface area contributed by atoms with Crippen LogP contribution in [-0.2, 0) is 16.8 Å². The van der Waals surface area contributed by atoms with E-state index >= 15 is 0 Å². The summed E-state index contributed by atoms with van der Waals surface area (Å²) in [6, 6.07) is 12.2. The minimum atomic E-state index is -0.368. The van der Waals surface area contributed by atoms with Gasteiger partial charge in [-0.2, -0.15) is 0 Å². The Morgan fingerprint density at radius 3 is 2.82 bits per heavy atom. The summed E-state index contributed by atoms with van der Waals surface area (Å²) in [5, 5.41) is 0. The van der Waals surface area contributed by atoms with Crippen LogP contribution < -0.4 is 4.90 Å². The van der Waals surface area contributed by atoms with Crippen molar-refractivity contribution in [2.45, 2.75) is 25.3 Å². The van der Waals surface area contributed by atoms with Crippen LogP contribution >= 0.6 is 0 Å². The maximum atomic E-state index is 12.9. The summed E-state index contributed by atoms with van der Waals surface area (Å²) in [5.74, 6) is 2.14. The molecule has 22 heavy (non-hydrogen) atoms. The summed E-state index contributed by atoms with van der Waals surface area (Å²) in [6.45, 7) is 4.43. The van der Waals surface area contributed by atoms with Gasteiger partial charge in [0, 0.05) is 25.8 Å². The highest BCUT2D eigenvalue weighted by Gasteiger charge is 2.53. The van der Waals surface area contributed by atoms with Crippen LogP contribution in [0.15, 0.2) is 40.8 Å². The van der Waals surface area contributed by atoms with E-state index < -0.39 is 0 Å². The zero-order valence-electron chi connectivity index (χ0n) is 13.0. The molecule has 4 rings (SSSR count). The maximum Gasteiger partial charge on any atom is 0.238 e. The predicted octanol–water partition coefficient (Wildman–Crippen LogP) is 2.71. The van der Waals surface area contributed by atoms with E-state index in [1.165, 1.54) is 5.56 Å². The van der Waals surface area contributed by atoms with Crippen LogP contribution in [0.4, 0.5) is 5.69 Å². The van der Waals surface area contributed by atoms with Gasteiger partial charge >= 0.3 is 0 Å². The molecule has 1 aromatic heterocycles. The molecule has 1 fully saturated rings. The first-order valence-electron chi connectivity index (χ1n) is 7.75. The molecule has 1 aromatic carbocycles. The van der Waals surface area contributed by atoms with Crippen LogP contribution in [0, 0.1) is 6.92 Å². The number of amides is 1. The van der Waals surface area contributed by atoms with Gasteiger partial charge in [0.1, 0.15) is 11.5 Å². The zero-order valence-corrected chi connectivity index (χ0v) is 13.0. The molecular weight excluding hydrogens is 276 g/mol. The van der Waals surface area contributed by atoms with E-state index in [9.17, 15) is 4.79 Å². The van der Waals surface area contributed by atoms with E-state index in [0.717, 1.165) is 43.3 Å². The summed E-state index contributed by atoms with van der Waals surface area (Å²) in [5.41, 5.74) is 1.87. The van der Waals surface area contributed by atoms with Gasteiger partial charge in [0.15, 0.2) is 0 Å². The lowest BCUT2D eigenvalue weighted by atomic mass is 9.81. The molecule has 0 radical (unpaired) electrons. The van der Waals surface area contributed by atoms with E-state index in [0.29, 0.717) is 0 Å². The Balaban J connectivity index is 1.62. The van der Waals surface area contributed by atoms with Crippen LogP contribution in [0.3, 0.4) is 0 Å². The average molecular weight is 296 g/mol. The minimum Gasteiger partial charge on any atom is -0.465 e. The minimum absolute atomic E-state index is 0.229. The lowest BCUT2D eigenvalue weighted by molar-refractivity contribution is -0.122. The summed E-state index contributed by atoms with van der Waals surface area (Å²) in [6.07, 6.45) is 0.882. The fraction of sp³-hybridized carbons (Fsp3) is 0.389. The van der Waals surface area contributed by atoms with Crippen molar-refractivity contribution in [3.63, 3.8) is 0 Å². The van der Waals surface area contributed by atoms with Gasteiger partial charge in [-0.25, -0.2) is 0 Å². The lowest BCUT2D eigenvalue weighted by Crippen LogP contribution is -2.40. The summed E-state index contributed by atoms with van der Waals surface area (Å²) >= 11 is 0. The van der Waals surface area contributed by atoms with Gasteiger partial charge in [0.25, 0.3) is 0 Å². The molecular formula is C18H20N2O2. The molecule has 3 heterocycles. The van der Waals surface area contributed by atoms with Crippen molar-refractivity contribution in [1.82, 2.24) is 4.90 Å². The van der Waals surface area contributed by atoms with Crippen LogP contribution in [0.1, 0.15) is 23.5 Å². The first kappa shape index (κ1) is 13.6. The predicted molar refractivity (Wildman–Crippen MR) is 84.9 cm³/mol. The molecule has 0 bridgehead atoms. The van der Waals surface area contributed by atoms with E-state index in [1.54, 1.807) is 0 Å². The van der Waals surface area contributed by atoms with Crippen LogP contribution in [0.2, 0.25) is 0 Å². The number of fused-ring (bicyclic) bond motifs is 2. The number of carbonyl (C=O) groups excluding carboxylic acids is 1. The number of nitrogens with zero attached hydrogens (tertiary/aromatic N) is 2. The van der Waals surface area contributed by atoms with E-state index in [2.05, 4.69) is 11.0 Å². The van der Waals surface area contributed by atoms with Crippen LogP contribution in [-0.4, -0.2) is 30.9 Å². The van der Waals surface area contributed by atoms with Crippen molar-refractivity contribution in [3.05, 3.63) is 53.5 Å². The molecule has 114 valence electrons. The highest BCUT2D eigenvalue weighted by atomic mass is 16.3. The number of carbonyl (C=O) groups is 1. The summed E-state index contributed by atoms with van der Waals surface area (Å²) in [4.78, 5) is 17.0. The van der Waals surface area contributed by atoms with Crippen molar-refractivity contribution in [3.8, 4) is 0 Å². The Morgan fingerprint density at radius 1 is 1.23 bits per heavy atom. The molecule has 2 aliphatic heterocycles.